The molecule has 42 heavy (non-hydrogen) atoms. The van der Waals surface area contributed by atoms with Crippen molar-refractivity contribution in [2.75, 3.05) is 32.1 Å². The largest absolute Gasteiger partial charge is 0.492 e. The molecule has 4 N–H and O–H groups in total. The first-order valence-electron chi connectivity index (χ1n) is 13.4. The fraction of sp³-hybridized carbons (Fsp3) is 0.333. The first-order valence-corrected chi connectivity index (χ1v) is 15.9. The standard InChI is InChI=1S/C30H36N2O8S2/c1-21(2)41-28-19-24(11-14-26(28)29(35)31-42(38,39)18-6-16-33)22-9-12-25(13-10-22)40-17-15-32(30(36)37)20-27(34)23-7-4-3-5-8-23/h3-5,7-14,19,21,27,33-34H,6,15-18,20H2,1-2H3,(H,31,35)(H,36,37)/t27-/m0/s1. The number of aliphatic hydroxyl groups is 2. The van der Waals surface area contributed by atoms with Crippen LogP contribution in [-0.2, 0) is 10.0 Å². The summed E-state index contributed by atoms with van der Waals surface area (Å²) in [5.41, 5.74) is 2.53. The second-order valence-electron chi connectivity index (χ2n) is 9.73. The fourth-order valence-corrected chi connectivity index (χ4v) is 6.01. The average Bonchev–Trinajstić information content (AvgIpc) is 2.95. The molecule has 0 saturated heterocycles. The number of hydrogen-bond acceptors (Lipinski definition) is 8. The maximum absolute atomic E-state index is 12.8. The van der Waals surface area contributed by atoms with Gasteiger partial charge in [-0.1, -0.05) is 62.4 Å². The Morgan fingerprint density at radius 1 is 1.00 bits per heavy atom. The van der Waals surface area contributed by atoms with Crippen molar-refractivity contribution in [3.63, 3.8) is 0 Å². The van der Waals surface area contributed by atoms with Gasteiger partial charge in [-0.2, -0.15) is 0 Å². The maximum atomic E-state index is 12.8. The molecule has 0 saturated carbocycles. The molecule has 10 nitrogen and oxygen atoms in total. The van der Waals surface area contributed by atoms with E-state index in [2.05, 4.69) is 4.72 Å². The van der Waals surface area contributed by atoms with Crippen molar-refractivity contribution in [1.82, 2.24) is 9.62 Å². The second-order valence-corrected chi connectivity index (χ2v) is 13.2. The van der Waals surface area contributed by atoms with Crippen molar-refractivity contribution in [2.45, 2.75) is 36.5 Å². The third kappa shape index (κ3) is 10.1. The number of carbonyl (C=O) groups is 2. The van der Waals surface area contributed by atoms with Crippen molar-refractivity contribution in [3.05, 3.63) is 83.9 Å². The Morgan fingerprint density at radius 2 is 1.67 bits per heavy atom. The van der Waals surface area contributed by atoms with Gasteiger partial charge in [0.2, 0.25) is 10.0 Å². The Balaban J connectivity index is 1.66. The smallest absolute Gasteiger partial charge is 0.407 e. The van der Waals surface area contributed by atoms with Crippen LogP contribution in [0.25, 0.3) is 11.1 Å². The van der Waals surface area contributed by atoms with Crippen molar-refractivity contribution in [3.8, 4) is 16.9 Å². The number of benzene rings is 3. The van der Waals surface area contributed by atoms with Crippen LogP contribution in [0, 0.1) is 0 Å². The van der Waals surface area contributed by atoms with Crippen molar-refractivity contribution in [1.29, 1.82) is 0 Å². The molecule has 12 heteroatoms. The minimum Gasteiger partial charge on any atom is -0.492 e. The fourth-order valence-electron chi connectivity index (χ4n) is 4.01. The number of hydrogen-bond donors (Lipinski definition) is 4. The monoisotopic (exact) mass is 616 g/mol. The predicted octanol–water partition coefficient (Wildman–Crippen LogP) is 4.39. The zero-order valence-electron chi connectivity index (χ0n) is 23.5. The molecule has 3 aromatic carbocycles. The van der Waals surface area contributed by atoms with Crippen LogP contribution in [0.3, 0.4) is 0 Å². The molecule has 3 rings (SSSR count). The quantitative estimate of drug-likeness (QED) is 0.182. The van der Waals surface area contributed by atoms with Gasteiger partial charge in [-0.15, -0.1) is 11.8 Å². The highest BCUT2D eigenvalue weighted by Crippen LogP contribution is 2.32. The molecule has 0 unspecified atom stereocenters. The molecule has 0 fully saturated rings. The zero-order chi connectivity index (χ0) is 30.7. The summed E-state index contributed by atoms with van der Waals surface area (Å²) in [6, 6.07) is 21.2. The molecule has 1 atom stereocenters. The number of nitrogens with one attached hydrogen (secondary N) is 1. The Hall–Kier alpha value is -3.58. The van der Waals surface area contributed by atoms with Crippen LogP contribution in [0.15, 0.2) is 77.7 Å². The number of amides is 2. The Labute approximate surface area is 250 Å². The van der Waals surface area contributed by atoms with Crippen LogP contribution in [-0.4, -0.2) is 77.9 Å². The van der Waals surface area contributed by atoms with E-state index in [1.54, 1.807) is 48.5 Å². The van der Waals surface area contributed by atoms with Gasteiger partial charge >= 0.3 is 6.09 Å². The predicted molar refractivity (Wildman–Crippen MR) is 162 cm³/mol. The van der Waals surface area contributed by atoms with Crippen molar-refractivity contribution < 1.29 is 38.1 Å². The molecule has 3 aromatic rings. The number of ether oxygens (including phenoxy) is 1. The molecule has 226 valence electrons. The van der Waals surface area contributed by atoms with E-state index in [9.17, 15) is 28.2 Å². The summed E-state index contributed by atoms with van der Waals surface area (Å²) < 4.78 is 32.2. The lowest BCUT2D eigenvalue weighted by Crippen LogP contribution is -2.36. The van der Waals surface area contributed by atoms with Gasteiger partial charge in [-0.3, -0.25) is 4.79 Å². The van der Waals surface area contributed by atoms with Crippen LogP contribution in [0.1, 0.15) is 42.3 Å². The van der Waals surface area contributed by atoms with Crippen LogP contribution < -0.4 is 9.46 Å². The van der Waals surface area contributed by atoms with E-state index in [0.717, 1.165) is 16.0 Å². The third-order valence-corrected chi connectivity index (χ3v) is 8.46. The van der Waals surface area contributed by atoms with Gasteiger partial charge in [-0.05, 0) is 47.4 Å². The highest BCUT2D eigenvalue weighted by molar-refractivity contribution is 8.00. The van der Waals surface area contributed by atoms with Gasteiger partial charge < -0.3 is 25.0 Å². The number of thioether (sulfide) groups is 1. The van der Waals surface area contributed by atoms with Crippen LogP contribution in [0.5, 0.6) is 5.75 Å². The van der Waals surface area contributed by atoms with Gasteiger partial charge in [0.1, 0.15) is 12.4 Å². The van der Waals surface area contributed by atoms with E-state index in [0.29, 0.717) is 16.2 Å². The number of nitrogens with zero attached hydrogens (tertiary/aromatic N) is 1. The number of rotatable bonds is 15. The maximum Gasteiger partial charge on any atom is 0.407 e. The lowest BCUT2D eigenvalue weighted by Gasteiger charge is -2.22. The number of carbonyl (C=O) groups excluding carboxylic acids is 1. The first kappa shape index (κ1) is 32.9. The summed E-state index contributed by atoms with van der Waals surface area (Å²) >= 11 is 1.44. The van der Waals surface area contributed by atoms with Gasteiger partial charge in [0.25, 0.3) is 5.91 Å². The molecule has 0 aliphatic heterocycles. The molecule has 2 amide bonds. The molecule has 0 spiro atoms. The van der Waals surface area contributed by atoms with E-state index in [1.165, 1.54) is 11.8 Å². The molecule has 0 heterocycles. The van der Waals surface area contributed by atoms with Crippen LogP contribution in [0.4, 0.5) is 4.79 Å². The molecule has 0 radical (unpaired) electrons. The summed E-state index contributed by atoms with van der Waals surface area (Å²) in [6.07, 6.45) is -2.07. The Kier molecular flexibility index (Phi) is 12.2. The second kappa shape index (κ2) is 15.6. The van der Waals surface area contributed by atoms with E-state index in [4.69, 9.17) is 9.84 Å². The van der Waals surface area contributed by atoms with E-state index in [1.807, 2.05) is 38.1 Å². The van der Waals surface area contributed by atoms with Crippen LogP contribution >= 0.6 is 11.8 Å². The topological polar surface area (TPSA) is 153 Å². The summed E-state index contributed by atoms with van der Waals surface area (Å²) in [5.74, 6) is -0.537. The van der Waals surface area contributed by atoms with E-state index in [-0.39, 0.29) is 49.3 Å². The lowest BCUT2D eigenvalue weighted by atomic mass is 10.0. The highest BCUT2D eigenvalue weighted by atomic mass is 32.2. The van der Waals surface area contributed by atoms with E-state index < -0.39 is 28.1 Å². The average molecular weight is 617 g/mol. The summed E-state index contributed by atoms with van der Waals surface area (Å²) in [4.78, 5) is 26.2. The van der Waals surface area contributed by atoms with Gasteiger partial charge in [0, 0.05) is 16.8 Å². The minimum absolute atomic E-state index is 0.0318. The molecular weight excluding hydrogens is 580 g/mol. The number of aliphatic hydroxyl groups excluding tert-OH is 2. The Morgan fingerprint density at radius 3 is 2.29 bits per heavy atom. The molecule has 0 aliphatic carbocycles. The molecular formula is C30H36N2O8S2. The molecule has 0 aliphatic rings. The number of carboxylic acid groups (broad SMARTS) is 1. The summed E-state index contributed by atoms with van der Waals surface area (Å²) in [7, 11) is -3.87. The summed E-state index contributed by atoms with van der Waals surface area (Å²) in [6.45, 7) is 3.72. The minimum atomic E-state index is -3.87. The Bertz CT molecular complexity index is 1430. The molecule has 0 aromatic heterocycles. The van der Waals surface area contributed by atoms with Gasteiger partial charge in [-0.25, -0.2) is 17.9 Å². The van der Waals surface area contributed by atoms with E-state index >= 15 is 0 Å². The highest BCUT2D eigenvalue weighted by Gasteiger charge is 2.20. The van der Waals surface area contributed by atoms with Gasteiger partial charge in [0.05, 0.1) is 30.5 Å². The zero-order valence-corrected chi connectivity index (χ0v) is 25.1. The SMILES string of the molecule is CC(C)Sc1cc(-c2ccc(OCCN(C[C@H](O)c3ccccc3)C(=O)O)cc2)ccc1C(=O)NS(=O)(=O)CCCO. The van der Waals surface area contributed by atoms with Crippen LogP contribution in [0.2, 0.25) is 0 Å². The van der Waals surface area contributed by atoms with Crippen molar-refractivity contribution in [2.24, 2.45) is 0 Å². The normalized spacial score (nSPS) is 12.1. The third-order valence-electron chi connectivity index (χ3n) is 6.07. The lowest BCUT2D eigenvalue weighted by molar-refractivity contribution is 0.0894. The number of sulfonamides is 1. The molecule has 0 bridgehead atoms. The van der Waals surface area contributed by atoms with Gasteiger partial charge in [0.15, 0.2) is 0 Å². The first-order chi connectivity index (χ1) is 20.0. The van der Waals surface area contributed by atoms with Crippen molar-refractivity contribution >= 4 is 33.8 Å². The summed E-state index contributed by atoms with van der Waals surface area (Å²) in [5, 5.41) is 29.0.